The van der Waals surface area contributed by atoms with E-state index in [4.69, 9.17) is 23.2 Å². The van der Waals surface area contributed by atoms with Crippen molar-refractivity contribution < 1.29 is 4.39 Å². The first-order valence-corrected chi connectivity index (χ1v) is 9.90. The Balaban J connectivity index is 2.21. The molecule has 4 rings (SSSR count). The second kappa shape index (κ2) is 8.42. The molecule has 0 aliphatic heterocycles. The molecule has 11 heteroatoms. The maximum Gasteiger partial charge on any atom is 0.337 e. The highest BCUT2D eigenvalue weighted by atomic mass is 35.5. The Bertz CT molecular complexity index is 1520. The molecule has 32 heavy (non-hydrogen) atoms. The van der Waals surface area contributed by atoms with Gasteiger partial charge < -0.3 is 0 Å². The summed E-state index contributed by atoms with van der Waals surface area (Å²) in [6, 6.07) is 8.70. The van der Waals surface area contributed by atoms with Crippen molar-refractivity contribution in [3.8, 4) is 34.3 Å². The van der Waals surface area contributed by atoms with E-state index >= 15 is 0 Å². The molecule has 0 saturated heterocycles. The highest BCUT2D eigenvalue weighted by Crippen LogP contribution is 2.30. The van der Waals surface area contributed by atoms with E-state index in [1.54, 1.807) is 19.3 Å². The highest BCUT2D eigenvalue weighted by Gasteiger charge is 2.24. The van der Waals surface area contributed by atoms with Gasteiger partial charge in [-0.15, -0.1) is 0 Å². The second-order valence-corrected chi connectivity index (χ2v) is 7.60. The number of hydrogen-bond donors (Lipinski definition) is 0. The quantitative estimate of drug-likeness (QED) is 0.454. The van der Waals surface area contributed by atoms with Crippen molar-refractivity contribution in [3.63, 3.8) is 0 Å². The van der Waals surface area contributed by atoms with Crippen molar-refractivity contribution >= 4 is 23.2 Å². The average molecular weight is 471 g/mol. The lowest BCUT2D eigenvalue weighted by atomic mass is 10.0. The summed E-state index contributed by atoms with van der Waals surface area (Å²) in [5.74, 6) is -0.667. The molecule has 0 saturated carbocycles. The first-order chi connectivity index (χ1) is 15.3. The van der Waals surface area contributed by atoms with E-state index in [0.717, 1.165) is 15.2 Å². The molecular formula is C21H13Cl2FN6O2. The number of aryl methyl sites for hydroxylation is 1. The SMILES string of the molecule is Cn1ccc(-c2c(-c3ccc(F)c(Cl)c3)c(=O)n(-c3cncc(Cl)c3)c(=O)n2CC#N)n1. The molecule has 0 atom stereocenters. The standard InChI is InChI=1S/C21H13Cl2FN6O2/c1-28-6-4-17(27-28)19-18(12-2-3-16(24)15(23)8-12)20(31)30(21(32)29(19)7-5-25)14-9-13(22)10-26-11-14/h2-4,6,8-11H,7H2,1H3. The van der Waals surface area contributed by atoms with Crippen molar-refractivity contribution in [1.29, 1.82) is 5.26 Å². The molecule has 3 heterocycles. The summed E-state index contributed by atoms with van der Waals surface area (Å²) in [4.78, 5) is 31.0. The van der Waals surface area contributed by atoms with Crippen LogP contribution in [-0.4, -0.2) is 23.9 Å². The first kappa shape index (κ1) is 21.5. The molecule has 0 radical (unpaired) electrons. The topological polar surface area (TPSA) is 98.5 Å². The van der Waals surface area contributed by atoms with Crippen LogP contribution >= 0.6 is 23.2 Å². The normalized spacial score (nSPS) is 10.8. The number of nitriles is 1. The fourth-order valence-electron chi connectivity index (χ4n) is 3.34. The summed E-state index contributed by atoms with van der Waals surface area (Å²) in [6.07, 6.45) is 4.28. The third-order valence-corrected chi connectivity index (χ3v) is 5.18. The van der Waals surface area contributed by atoms with Crippen molar-refractivity contribution in [3.05, 3.63) is 85.6 Å². The molecule has 0 bridgehead atoms. The summed E-state index contributed by atoms with van der Waals surface area (Å²) >= 11 is 12.0. The molecule has 0 unspecified atom stereocenters. The van der Waals surface area contributed by atoms with E-state index < -0.39 is 17.1 Å². The highest BCUT2D eigenvalue weighted by molar-refractivity contribution is 6.31. The minimum absolute atomic E-state index is 0.0143. The number of pyridine rings is 1. The summed E-state index contributed by atoms with van der Waals surface area (Å²) in [6.45, 7) is -0.374. The molecule has 0 aliphatic carbocycles. The van der Waals surface area contributed by atoms with E-state index in [2.05, 4.69) is 10.1 Å². The number of aromatic nitrogens is 5. The van der Waals surface area contributed by atoms with Gasteiger partial charge in [0.25, 0.3) is 5.56 Å². The van der Waals surface area contributed by atoms with E-state index in [1.165, 1.54) is 35.3 Å². The summed E-state index contributed by atoms with van der Waals surface area (Å²) in [7, 11) is 1.67. The van der Waals surface area contributed by atoms with E-state index in [0.29, 0.717) is 0 Å². The molecule has 4 aromatic rings. The van der Waals surface area contributed by atoms with Gasteiger partial charge in [-0.25, -0.2) is 13.8 Å². The van der Waals surface area contributed by atoms with Crippen LogP contribution < -0.4 is 11.2 Å². The molecule has 0 N–H and O–H groups in total. The molecule has 0 aliphatic rings. The van der Waals surface area contributed by atoms with Crippen molar-refractivity contribution in [2.45, 2.75) is 6.54 Å². The van der Waals surface area contributed by atoms with Crippen LogP contribution in [0.2, 0.25) is 10.0 Å². The lowest BCUT2D eigenvalue weighted by Gasteiger charge is -2.17. The molecule has 3 aromatic heterocycles. The van der Waals surface area contributed by atoms with Gasteiger partial charge in [-0.2, -0.15) is 10.4 Å². The number of benzene rings is 1. The monoisotopic (exact) mass is 470 g/mol. The summed E-state index contributed by atoms with van der Waals surface area (Å²) in [5, 5.41) is 13.7. The predicted octanol–water partition coefficient (Wildman–Crippen LogP) is 3.43. The fourth-order valence-corrected chi connectivity index (χ4v) is 3.69. The first-order valence-electron chi connectivity index (χ1n) is 9.15. The van der Waals surface area contributed by atoms with Crippen LogP contribution in [0.25, 0.3) is 28.2 Å². The van der Waals surface area contributed by atoms with Gasteiger partial charge in [0.05, 0.1) is 39.3 Å². The van der Waals surface area contributed by atoms with Gasteiger partial charge in [0.2, 0.25) is 0 Å². The number of nitrogens with zero attached hydrogens (tertiary/aromatic N) is 6. The van der Waals surface area contributed by atoms with Crippen molar-refractivity contribution in [2.24, 2.45) is 7.05 Å². The van der Waals surface area contributed by atoms with Gasteiger partial charge in [-0.05, 0) is 29.8 Å². The van der Waals surface area contributed by atoms with Crippen LogP contribution in [0, 0.1) is 17.1 Å². The van der Waals surface area contributed by atoms with Crippen LogP contribution in [0.4, 0.5) is 4.39 Å². The molecule has 0 spiro atoms. The van der Waals surface area contributed by atoms with Crippen LogP contribution in [-0.2, 0) is 13.6 Å². The predicted molar refractivity (Wildman–Crippen MR) is 117 cm³/mol. The van der Waals surface area contributed by atoms with Gasteiger partial charge >= 0.3 is 5.69 Å². The summed E-state index contributed by atoms with van der Waals surface area (Å²) in [5.41, 5.74) is -0.742. The third kappa shape index (κ3) is 3.70. The number of hydrogen-bond acceptors (Lipinski definition) is 5. The zero-order valence-electron chi connectivity index (χ0n) is 16.5. The minimum Gasteiger partial charge on any atom is -0.277 e. The van der Waals surface area contributed by atoms with Gasteiger partial charge in [0.15, 0.2) is 0 Å². The lowest BCUT2D eigenvalue weighted by Crippen LogP contribution is -2.40. The maximum absolute atomic E-state index is 13.8. The molecule has 160 valence electrons. The van der Waals surface area contributed by atoms with Gasteiger partial charge in [-0.3, -0.25) is 19.0 Å². The smallest absolute Gasteiger partial charge is 0.277 e. The maximum atomic E-state index is 13.8. The van der Waals surface area contributed by atoms with Crippen LogP contribution in [0.1, 0.15) is 0 Å². The Morgan fingerprint density at radius 2 is 1.94 bits per heavy atom. The Morgan fingerprint density at radius 3 is 2.56 bits per heavy atom. The fraction of sp³-hybridized carbons (Fsp3) is 0.0952. The van der Waals surface area contributed by atoms with Crippen LogP contribution in [0.15, 0.2) is 58.5 Å². The zero-order chi connectivity index (χ0) is 23.0. The third-order valence-electron chi connectivity index (χ3n) is 4.69. The van der Waals surface area contributed by atoms with Crippen molar-refractivity contribution in [1.82, 2.24) is 23.9 Å². The molecule has 0 amide bonds. The largest absolute Gasteiger partial charge is 0.337 e. The van der Waals surface area contributed by atoms with E-state index in [1.807, 2.05) is 6.07 Å². The zero-order valence-corrected chi connectivity index (χ0v) is 18.0. The number of rotatable bonds is 4. The van der Waals surface area contributed by atoms with E-state index in [9.17, 15) is 19.2 Å². The Hall–Kier alpha value is -3.74. The minimum atomic E-state index is -0.779. The number of halogens is 3. The van der Waals surface area contributed by atoms with Gasteiger partial charge in [0, 0.05) is 19.4 Å². The van der Waals surface area contributed by atoms with Crippen molar-refractivity contribution in [2.75, 3.05) is 0 Å². The van der Waals surface area contributed by atoms with E-state index in [-0.39, 0.29) is 44.8 Å². The second-order valence-electron chi connectivity index (χ2n) is 6.76. The summed E-state index contributed by atoms with van der Waals surface area (Å²) < 4.78 is 17.3. The lowest BCUT2D eigenvalue weighted by molar-refractivity contribution is 0.628. The molecule has 8 nitrogen and oxygen atoms in total. The Kier molecular flexibility index (Phi) is 5.65. The average Bonchev–Trinajstić information content (AvgIpc) is 3.18. The molecule has 0 fully saturated rings. The van der Waals surface area contributed by atoms with Crippen LogP contribution in [0.3, 0.4) is 0 Å². The molecular weight excluding hydrogens is 458 g/mol. The van der Waals surface area contributed by atoms with Crippen LogP contribution in [0.5, 0.6) is 0 Å². The van der Waals surface area contributed by atoms with Gasteiger partial charge in [0.1, 0.15) is 18.1 Å². The Labute approximate surface area is 190 Å². The van der Waals surface area contributed by atoms with Gasteiger partial charge in [-0.1, -0.05) is 29.3 Å². The Morgan fingerprint density at radius 1 is 1.16 bits per heavy atom. The molecule has 1 aromatic carbocycles.